The first-order chi connectivity index (χ1) is 13.2. The smallest absolute Gasteiger partial charge is 0.331 e. The highest BCUT2D eigenvalue weighted by atomic mass is 32.2. The summed E-state index contributed by atoms with van der Waals surface area (Å²) in [6.07, 6.45) is 2.96. The van der Waals surface area contributed by atoms with Gasteiger partial charge in [0.15, 0.2) is 6.61 Å². The van der Waals surface area contributed by atoms with Gasteiger partial charge in [-0.2, -0.15) is 0 Å². The van der Waals surface area contributed by atoms with Crippen LogP contribution in [-0.4, -0.2) is 55.8 Å². The van der Waals surface area contributed by atoms with E-state index in [4.69, 9.17) is 4.74 Å². The second-order valence-electron chi connectivity index (χ2n) is 7.29. The fourth-order valence-corrected chi connectivity index (χ4v) is 4.96. The fourth-order valence-electron chi connectivity index (χ4n) is 3.72. The van der Waals surface area contributed by atoms with Crippen LogP contribution >= 0.6 is 0 Å². The summed E-state index contributed by atoms with van der Waals surface area (Å²) in [6, 6.07) is 5.70. The van der Waals surface area contributed by atoms with Crippen molar-refractivity contribution >= 4 is 27.7 Å². The number of aliphatic imine (C=N–C) groups is 1. The number of nitrogens with one attached hydrogen (secondary N) is 1. The molecule has 0 aliphatic carbocycles. The highest BCUT2D eigenvalue weighted by Crippen LogP contribution is 2.23. The summed E-state index contributed by atoms with van der Waals surface area (Å²) in [5.74, 6) is -0.800. The van der Waals surface area contributed by atoms with Crippen molar-refractivity contribution in [1.29, 1.82) is 0 Å². The second kappa shape index (κ2) is 7.90. The molecule has 0 bridgehead atoms. The molecule has 0 radical (unpaired) electrons. The Morgan fingerprint density at radius 2 is 1.89 bits per heavy atom. The van der Waals surface area contributed by atoms with Crippen molar-refractivity contribution in [3.05, 3.63) is 29.8 Å². The van der Waals surface area contributed by atoms with Crippen molar-refractivity contribution in [3.8, 4) is 0 Å². The number of ether oxygens (including phenoxy) is 1. The molecule has 2 aliphatic heterocycles. The molecule has 0 aromatic heterocycles. The van der Waals surface area contributed by atoms with Crippen LogP contribution in [-0.2, 0) is 24.3 Å². The normalized spacial score (nSPS) is 25.7. The first-order valence-electron chi connectivity index (χ1n) is 9.38. The van der Waals surface area contributed by atoms with Crippen molar-refractivity contribution < 1.29 is 22.7 Å². The average Bonchev–Trinajstić information content (AvgIpc) is 2.90. The SMILES string of the molecule is CC1CCCC(C)N1C(=O)COC(=O)[C@H](C)N=C1NS(=O)(=O)c2ccccc21. The number of hydrogen-bond acceptors (Lipinski definition) is 6. The summed E-state index contributed by atoms with van der Waals surface area (Å²) >= 11 is 0. The van der Waals surface area contributed by atoms with Crippen LogP contribution in [0.1, 0.15) is 45.6 Å². The second-order valence-corrected chi connectivity index (χ2v) is 8.94. The molecule has 3 atom stereocenters. The van der Waals surface area contributed by atoms with Crippen LogP contribution in [0.15, 0.2) is 34.2 Å². The number of piperidine rings is 1. The summed E-state index contributed by atoms with van der Waals surface area (Å²) in [4.78, 5) is 30.8. The van der Waals surface area contributed by atoms with Gasteiger partial charge >= 0.3 is 5.97 Å². The molecule has 2 unspecified atom stereocenters. The minimum absolute atomic E-state index is 0.102. The van der Waals surface area contributed by atoms with Gasteiger partial charge in [0.25, 0.3) is 15.9 Å². The summed E-state index contributed by atoms with van der Waals surface area (Å²) < 4.78 is 31.7. The van der Waals surface area contributed by atoms with E-state index in [-0.39, 0.29) is 35.3 Å². The summed E-state index contributed by atoms with van der Waals surface area (Å²) in [6.45, 7) is 5.15. The minimum Gasteiger partial charge on any atom is -0.454 e. The number of carbonyl (C=O) groups is 2. The first kappa shape index (κ1) is 20.3. The minimum atomic E-state index is -3.67. The molecule has 2 heterocycles. The molecule has 3 rings (SSSR count). The van der Waals surface area contributed by atoms with Crippen LogP contribution in [0.4, 0.5) is 0 Å². The third-order valence-corrected chi connectivity index (χ3v) is 6.54. The predicted octanol–water partition coefficient (Wildman–Crippen LogP) is 1.45. The van der Waals surface area contributed by atoms with Gasteiger partial charge in [-0.25, -0.2) is 13.2 Å². The van der Waals surface area contributed by atoms with Gasteiger partial charge < -0.3 is 9.64 Å². The van der Waals surface area contributed by atoms with Crippen LogP contribution in [0.25, 0.3) is 0 Å². The van der Waals surface area contributed by atoms with E-state index in [1.807, 2.05) is 13.8 Å². The zero-order chi connectivity index (χ0) is 20.5. The van der Waals surface area contributed by atoms with E-state index >= 15 is 0 Å². The van der Waals surface area contributed by atoms with Crippen LogP contribution in [0.3, 0.4) is 0 Å². The molecule has 2 aliphatic rings. The van der Waals surface area contributed by atoms with Crippen molar-refractivity contribution in [2.24, 2.45) is 4.99 Å². The topological polar surface area (TPSA) is 105 Å². The van der Waals surface area contributed by atoms with Gasteiger partial charge in [-0.05, 0) is 52.2 Å². The maximum absolute atomic E-state index is 12.5. The van der Waals surface area contributed by atoms with Crippen molar-refractivity contribution in [2.75, 3.05) is 6.61 Å². The zero-order valence-electron chi connectivity index (χ0n) is 16.2. The fraction of sp³-hybridized carbons (Fsp3) is 0.526. The average molecular weight is 407 g/mol. The molecule has 28 heavy (non-hydrogen) atoms. The maximum atomic E-state index is 12.5. The Balaban J connectivity index is 1.64. The molecule has 1 N–H and O–H groups in total. The first-order valence-corrected chi connectivity index (χ1v) is 10.9. The summed E-state index contributed by atoms with van der Waals surface area (Å²) in [7, 11) is -3.67. The largest absolute Gasteiger partial charge is 0.454 e. The molecular formula is C19H25N3O5S. The Morgan fingerprint density at radius 1 is 1.25 bits per heavy atom. The highest BCUT2D eigenvalue weighted by Gasteiger charge is 2.32. The van der Waals surface area contributed by atoms with E-state index in [9.17, 15) is 18.0 Å². The molecule has 0 saturated carbocycles. The number of fused-ring (bicyclic) bond motifs is 1. The molecule has 1 fully saturated rings. The van der Waals surface area contributed by atoms with Gasteiger partial charge in [0.2, 0.25) is 0 Å². The molecule has 9 heteroatoms. The number of likely N-dealkylation sites (tertiary alicyclic amines) is 1. The lowest BCUT2D eigenvalue weighted by molar-refractivity contribution is -0.155. The van der Waals surface area contributed by atoms with Gasteiger partial charge in [0.1, 0.15) is 11.9 Å². The standard InChI is InChI=1S/C19H25N3O5S/c1-12-7-6-8-13(2)22(12)17(23)11-27-19(24)14(3)20-18-15-9-4-5-10-16(15)28(25,26)21-18/h4-5,9-10,12-14H,6-8,11H2,1-3H3,(H,20,21)/t12?,13?,14-/m0/s1. The molecule has 1 aromatic carbocycles. The van der Waals surface area contributed by atoms with Crippen molar-refractivity contribution in [1.82, 2.24) is 9.62 Å². The van der Waals surface area contributed by atoms with Crippen LogP contribution in [0, 0.1) is 0 Å². The van der Waals surface area contributed by atoms with E-state index in [0.29, 0.717) is 5.56 Å². The summed E-state index contributed by atoms with van der Waals surface area (Å²) in [5.41, 5.74) is 0.411. The van der Waals surface area contributed by atoms with Crippen molar-refractivity contribution in [3.63, 3.8) is 0 Å². The third-order valence-electron chi connectivity index (χ3n) is 5.15. The van der Waals surface area contributed by atoms with E-state index in [2.05, 4.69) is 9.71 Å². The number of sulfonamides is 1. The molecule has 1 aromatic rings. The van der Waals surface area contributed by atoms with E-state index in [0.717, 1.165) is 19.3 Å². The third kappa shape index (κ3) is 4.04. The van der Waals surface area contributed by atoms with Gasteiger partial charge in [-0.1, -0.05) is 12.1 Å². The lowest BCUT2D eigenvalue weighted by atomic mass is 9.97. The van der Waals surface area contributed by atoms with Gasteiger partial charge in [-0.15, -0.1) is 0 Å². The quantitative estimate of drug-likeness (QED) is 0.761. The number of benzene rings is 1. The number of amides is 1. The van der Waals surface area contributed by atoms with Crippen molar-refractivity contribution in [2.45, 2.75) is 63.1 Å². The van der Waals surface area contributed by atoms with Gasteiger partial charge in [-0.3, -0.25) is 14.5 Å². The predicted molar refractivity (Wildman–Crippen MR) is 103 cm³/mol. The number of hydrogen-bond donors (Lipinski definition) is 1. The number of esters is 1. The molecule has 1 saturated heterocycles. The lowest BCUT2D eigenvalue weighted by Gasteiger charge is -2.38. The number of amidine groups is 1. The molecule has 0 spiro atoms. The van der Waals surface area contributed by atoms with E-state index < -0.39 is 22.0 Å². The summed E-state index contributed by atoms with van der Waals surface area (Å²) in [5, 5.41) is 0. The van der Waals surface area contributed by atoms with Crippen LogP contribution in [0.2, 0.25) is 0 Å². The van der Waals surface area contributed by atoms with Gasteiger partial charge in [0, 0.05) is 17.6 Å². The molecule has 8 nitrogen and oxygen atoms in total. The number of carbonyl (C=O) groups excluding carboxylic acids is 2. The lowest BCUT2D eigenvalue weighted by Crippen LogP contribution is -2.49. The maximum Gasteiger partial charge on any atom is 0.331 e. The molecule has 1 amide bonds. The highest BCUT2D eigenvalue weighted by molar-refractivity contribution is 7.90. The molecule has 152 valence electrons. The monoisotopic (exact) mass is 407 g/mol. The Morgan fingerprint density at radius 3 is 2.57 bits per heavy atom. The van der Waals surface area contributed by atoms with Gasteiger partial charge in [0.05, 0.1) is 4.90 Å². The Hall–Kier alpha value is -2.42. The zero-order valence-corrected chi connectivity index (χ0v) is 17.0. The number of nitrogens with zero attached hydrogens (tertiary/aromatic N) is 2. The number of rotatable bonds is 4. The Labute approximate surface area is 165 Å². The van der Waals surface area contributed by atoms with E-state index in [1.54, 1.807) is 23.1 Å². The Kier molecular flexibility index (Phi) is 5.74. The molecular weight excluding hydrogens is 382 g/mol. The van der Waals surface area contributed by atoms with Crippen LogP contribution < -0.4 is 4.72 Å². The Bertz CT molecular complexity index is 902. The van der Waals surface area contributed by atoms with E-state index in [1.165, 1.54) is 13.0 Å². The van der Waals surface area contributed by atoms with Crippen LogP contribution in [0.5, 0.6) is 0 Å².